The molecule has 17 nitrogen and oxygen atoms in total. The molecule has 606 valence electrons. The van der Waals surface area contributed by atoms with Crippen LogP contribution in [0.15, 0.2) is 0 Å². The minimum atomic E-state index is -4.96. The minimum absolute atomic E-state index is 0.108. The molecule has 0 aromatic rings. The van der Waals surface area contributed by atoms with Crippen LogP contribution in [-0.4, -0.2) is 96.7 Å². The van der Waals surface area contributed by atoms with Crippen molar-refractivity contribution >= 4 is 39.5 Å². The average Bonchev–Trinajstić information content (AvgIpc) is 0.911. The van der Waals surface area contributed by atoms with E-state index in [0.717, 1.165) is 108 Å². The van der Waals surface area contributed by atoms with Crippen LogP contribution in [0, 0.1) is 11.8 Å². The van der Waals surface area contributed by atoms with Crippen LogP contribution in [0.2, 0.25) is 0 Å². The first-order valence-corrected chi connectivity index (χ1v) is 46.0. The van der Waals surface area contributed by atoms with Crippen LogP contribution in [0.4, 0.5) is 0 Å². The summed E-state index contributed by atoms with van der Waals surface area (Å²) in [5, 5.41) is 10.6. The molecule has 0 radical (unpaired) electrons. The first-order valence-electron chi connectivity index (χ1n) is 43.0. The maximum Gasteiger partial charge on any atom is 0.472 e. The number of rotatable bonds is 82. The van der Waals surface area contributed by atoms with Crippen molar-refractivity contribution in [3.05, 3.63) is 0 Å². The number of unbranched alkanes of at least 4 members (excludes halogenated alkanes) is 51. The number of phosphoric acid groups is 2. The molecule has 0 aliphatic heterocycles. The molecule has 3 unspecified atom stereocenters. The third-order valence-corrected chi connectivity index (χ3v) is 21.7. The molecular formula is C83H162O17P2. The van der Waals surface area contributed by atoms with Crippen molar-refractivity contribution in [3.8, 4) is 0 Å². The lowest BCUT2D eigenvalue weighted by Crippen LogP contribution is -2.30. The van der Waals surface area contributed by atoms with E-state index < -0.39 is 97.5 Å². The summed E-state index contributed by atoms with van der Waals surface area (Å²) in [5.41, 5.74) is 0. The van der Waals surface area contributed by atoms with Crippen molar-refractivity contribution in [1.82, 2.24) is 0 Å². The Morgan fingerprint density at radius 3 is 0.745 bits per heavy atom. The number of esters is 4. The highest BCUT2D eigenvalue weighted by molar-refractivity contribution is 7.47. The second kappa shape index (κ2) is 74.5. The van der Waals surface area contributed by atoms with Gasteiger partial charge in [0, 0.05) is 25.7 Å². The number of carbonyl (C=O) groups excluding carboxylic acids is 4. The molecule has 102 heavy (non-hydrogen) atoms. The predicted octanol–water partition coefficient (Wildman–Crippen LogP) is 25.1. The molecule has 0 heterocycles. The lowest BCUT2D eigenvalue weighted by atomic mass is 9.99. The summed E-state index contributed by atoms with van der Waals surface area (Å²) in [6.45, 7) is 9.72. The SMILES string of the molecule is CCCCCCCCCCCCCCCCC(=O)O[C@H](COC(=O)CCCCCCCCCC)COP(=O)(O)OC[C@H](O)COP(=O)(O)OC[C@@H](COC(=O)CCCCCCCCCCCCCCCCCC(C)C)OC(=O)CCCCCCCCCCCCCCCCCCCCC(C)CC. The van der Waals surface area contributed by atoms with E-state index in [1.54, 1.807) is 0 Å². The lowest BCUT2D eigenvalue weighted by Gasteiger charge is -2.21. The van der Waals surface area contributed by atoms with Crippen molar-refractivity contribution in [2.45, 2.75) is 458 Å². The molecule has 0 spiro atoms. The Morgan fingerprint density at radius 2 is 0.500 bits per heavy atom. The third kappa shape index (κ3) is 74.9. The van der Waals surface area contributed by atoms with Gasteiger partial charge in [0.2, 0.25) is 0 Å². The van der Waals surface area contributed by atoms with Crippen molar-refractivity contribution < 1.29 is 80.2 Å². The molecule has 0 aliphatic rings. The second-order valence-electron chi connectivity index (χ2n) is 30.6. The Morgan fingerprint density at radius 1 is 0.284 bits per heavy atom. The van der Waals surface area contributed by atoms with Gasteiger partial charge in [-0.25, -0.2) is 9.13 Å². The van der Waals surface area contributed by atoms with E-state index in [-0.39, 0.29) is 25.7 Å². The van der Waals surface area contributed by atoms with E-state index in [0.29, 0.717) is 25.7 Å². The summed E-state index contributed by atoms with van der Waals surface area (Å²) in [6.07, 6.45) is 65.3. The van der Waals surface area contributed by atoms with Gasteiger partial charge in [0.1, 0.15) is 19.3 Å². The van der Waals surface area contributed by atoms with Crippen molar-refractivity contribution in [2.75, 3.05) is 39.6 Å². The fraction of sp³-hybridized carbons (Fsp3) is 0.952. The zero-order valence-corrected chi connectivity index (χ0v) is 68.7. The molecule has 0 aromatic carbocycles. The quantitative estimate of drug-likeness (QED) is 0.0222. The monoisotopic (exact) mass is 1490 g/mol. The number of ether oxygens (including phenoxy) is 4. The summed E-state index contributed by atoms with van der Waals surface area (Å²) < 4.78 is 68.7. The normalized spacial score (nSPS) is 14.1. The van der Waals surface area contributed by atoms with Crippen LogP contribution in [0.25, 0.3) is 0 Å². The Kier molecular flexibility index (Phi) is 73.1. The van der Waals surface area contributed by atoms with E-state index >= 15 is 0 Å². The number of carbonyl (C=O) groups is 4. The number of aliphatic hydroxyl groups excluding tert-OH is 1. The molecule has 0 amide bonds. The largest absolute Gasteiger partial charge is 0.472 e. The smallest absolute Gasteiger partial charge is 0.462 e. The molecular weight excluding hydrogens is 1330 g/mol. The van der Waals surface area contributed by atoms with E-state index in [1.807, 2.05) is 0 Å². The number of phosphoric ester groups is 2. The summed E-state index contributed by atoms with van der Waals surface area (Å²) in [5.74, 6) is -0.430. The van der Waals surface area contributed by atoms with Crippen LogP contribution in [0.1, 0.15) is 440 Å². The zero-order valence-electron chi connectivity index (χ0n) is 66.9. The van der Waals surface area contributed by atoms with Crippen LogP contribution in [-0.2, 0) is 65.4 Å². The molecule has 0 aromatic heterocycles. The van der Waals surface area contributed by atoms with Crippen LogP contribution in [0.5, 0.6) is 0 Å². The molecule has 6 atom stereocenters. The lowest BCUT2D eigenvalue weighted by molar-refractivity contribution is -0.161. The average molecular weight is 1490 g/mol. The highest BCUT2D eigenvalue weighted by atomic mass is 31.2. The Balaban J connectivity index is 5.18. The van der Waals surface area contributed by atoms with Crippen LogP contribution < -0.4 is 0 Å². The van der Waals surface area contributed by atoms with Gasteiger partial charge in [0.15, 0.2) is 12.2 Å². The zero-order chi connectivity index (χ0) is 74.9. The molecule has 3 N–H and O–H groups in total. The maximum atomic E-state index is 13.1. The van der Waals surface area contributed by atoms with Crippen molar-refractivity contribution in [3.63, 3.8) is 0 Å². The topological polar surface area (TPSA) is 237 Å². The molecule has 19 heteroatoms. The molecule has 0 rings (SSSR count). The van der Waals surface area contributed by atoms with Crippen LogP contribution >= 0.6 is 15.6 Å². The number of hydrogen-bond donors (Lipinski definition) is 3. The Hall–Kier alpha value is -1.94. The number of hydrogen-bond acceptors (Lipinski definition) is 15. The summed E-state index contributed by atoms with van der Waals surface area (Å²) in [6, 6.07) is 0. The van der Waals surface area contributed by atoms with Gasteiger partial charge in [-0.15, -0.1) is 0 Å². The van der Waals surface area contributed by atoms with Gasteiger partial charge in [0.05, 0.1) is 26.4 Å². The molecule has 0 aliphatic carbocycles. The standard InChI is InChI=1S/C83H162O17P2/c1-7-10-12-14-16-18-19-20-32-38-43-49-55-61-67-82(87)99-78(71-93-80(85)65-59-53-47-17-15-13-11-8-2)73-97-101(89,90)95-69-77(84)70-96-102(91,92)98-74-79(72-94-81(86)66-60-54-48-42-37-33-29-25-26-30-35-40-45-51-57-63-75(4)5)100-83(88)68-62-56-50-44-39-34-28-24-22-21-23-27-31-36-41-46-52-58-64-76(6)9-3/h75-79,84H,7-74H2,1-6H3,(H,89,90)(H,91,92)/t76?,77-,78+,79+/m0/s1. The Labute approximate surface area is 626 Å². The van der Waals surface area contributed by atoms with Crippen LogP contribution in [0.3, 0.4) is 0 Å². The fourth-order valence-corrected chi connectivity index (χ4v) is 14.4. The summed E-state index contributed by atoms with van der Waals surface area (Å²) in [4.78, 5) is 73.0. The molecule has 0 saturated heterocycles. The van der Waals surface area contributed by atoms with Gasteiger partial charge >= 0.3 is 39.5 Å². The second-order valence-corrected chi connectivity index (χ2v) is 33.5. The van der Waals surface area contributed by atoms with Crippen molar-refractivity contribution in [1.29, 1.82) is 0 Å². The van der Waals surface area contributed by atoms with E-state index in [1.165, 1.54) is 250 Å². The van der Waals surface area contributed by atoms with E-state index in [2.05, 4.69) is 41.5 Å². The minimum Gasteiger partial charge on any atom is -0.462 e. The third-order valence-electron chi connectivity index (χ3n) is 19.8. The number of aliphatic hydroxyl groups is 1. The first-order chi connectivity index (χ1) is 49.4. The van der Waals surface area contributed by atoms with Gasteiger partial charge in [-0.1, -0.05) is 388 Å². The summed E-state index contributed by atoms with van der Waals surface area (Å²) in [7, 11) is -9.92. The first kappa shape index (κ1) is 100. The molecule has 0 fully saturated rings. The van der Waals surface area contributed by atoms with Gasteiger partial charge in [-0.05, 0) is 37.5 Å². The van der Waals surface area contributed by atoms with Gasteiger partial charge < -0.3 is 33.8 Å². The predicted molar refractivity (Wildman–Crippen MR) is 418 cm³/mol. The highest BCUT2D eigenvalue weighted by Crippen LogP contribution is 2.45. The van der Waals surface area contributed by atoms with Gasteiger partial charge in [0.25, 0.3) is 0 Å². The fourth-order valence-electron chi connectivity index (χ4n) is 12.9. The maximum absolute atomic E-state index is 13.1. The molecule has 0 saturated carbocycles. The van der Waals surface area contributed by atoms with Crippen molar-refractivity contribution in [2.24, 2.45) is 11.8 Å². The highest BCUT2D eigenvalue weighted by Gasteiger charge is 2.30. The molecule has 0 bridgehead atoms. The Bertz CT molecular complexity index is 1960. The van der Waals surface area contributed by atoms with E-state index in [4.69, 9.17) is 37.0 Å². The van der Waals surface area contributed by atoms with Gasteiger partial charge in [-0.3, -0.25) is 37.3 Å². The summed E-state index contributed by atoms with van der Waals surface area (Å²) >= 11 is 0. The van der Waals surface area contributed by atoms with E-state index in [9.17, 15) is 43.2 Å². The van der Waals surface area contributed by atoms with Gasteiger partial charge in [-0.2, -0.15) is 0 Å².